The maximum Gasteiger partial charge on any atom is 0.145 e. The van der Waals surface area contributed by atoms with Gasteiger partial charge >= 0.3 is 0 Å². The van der Waals surface area contributed by atoms with E-state index in [9.17, 15) is 5.11 Å². The van der Waals surface area contributed by atoms with Crippen LogP contribution < -0.4 is 9.47 Å². The molecule has 0 aliphatic carbocycles. The molecule has 0 fully saturated rings. The van der Waals surface area contributed by atoms with Crippen LogP contribution in [0, 0.1) is 0 Å². The van der Waals surface area contributed by atoms with Crippen LogP contribution in [0.25, 0.3) is 10.9 Å². The van der Waals surface area contributed by atoms with Crippen LogP contribution in [0.1, 0.15) is 17.2 Å². The second-order valence-corrected chi connectivity index (χ2v) is 5.40. The van der Waals surface area contributed by atoms with Crippen molar-refractivity contribution in [2.75, 3.05) is 14.2 Å². The molecule has 0 saturated heterocycles. The highest BCUT2D eigenvalue weighted by Gasteiger charge is 2.20. The number of aliphatic hydroxyl groups excluding tert-OH is 1. The van der Waals surface area contributed by atoms with Crippen LogP contribution in [0.3, 0.4) is 0 Å². The lowest BCUT2D eigenvalue weighted by Crippen LogP contribution is -2.04. The molecule has 0 saturated carbocycles. The molecule has 23 heavy (non-hydrogen) atoms. The monoisotopic (exact) mass is 329 g/mol. The number of ether oxygens (including phenoxy) is 2. The van der Waals surface area contributed by atoms with Gasteiger partial charge in [-0.05, 0) is 18.2 Å². The zero-order valence-electron chi connectivity index (χ0n) is 12.8. The average molecular weight is 330 g/mol. The number of methoxy groups -OCH3 is 2. The summed E-state index contributed by atoms with van der Waals surface area (Å²) in [6.07, 6.45) is -0.929. The van der Waals surface area contributed by atoms with E-state index in [4.69, 9.17) is 21.1 Å². The number of benzene rings is 2. The zero-order valence-corrected chi connectivity index (χ0v) is 13.5. The number of aliphatic hydroxyl groups is 1. The van der Waals surface area contributed by atoms with Crippen molar-refractivity contribution in [3.63, 3.8) is 0 Å². The van der Waals surface area contributed by atoms with Gasteiger partial charge in [0.1, 0.15) is 28.3 Å². The number of fused-ring (bicyclic) bond motifs is 1. The summed E-state index contributed by atoms with van der Waals surface area (Å²) in [6, 6.07) is 14.7. The minimum absolute atomic E-state index is 0.236. The Morgan fingerprint density at radius 2 is 1.65 bits per heavy atom. The van der Waals surface area contributed by atoms with Crippen LogP contribution in [0.15, 0.2) is 48.5 Å². The number of aromatic nitrogens is 1. The highest BCUT2D eigenvalue weighted by molar-refractivity contribution is 6.30. The lowest BCUT2D eigenvalue weighted by Gasteiger charge is -2.17. The molecule has 2 aromatic carbocycles. The summed E-state index contributed by atoms with van der Waals surface area (Å²) in [6.45, 7) is 0. The Hall–Kier alpha value is -2.30. The average Bonchev–Trinajstić information content (AvgIpc) is 2.60. The SMILES string of the molecule is COc1ccccc1C(O)c1cc2cccc(OC)c2nc1Cl. The van der Waals surface area contributed by atoms with Crippen molar-refractivity contribution in [2.24, 2.45) is 0 Å². The highest BCUT2D eigenvalue weighted by atomic mass is 35.5. The Morgan fingerprint density at radius 1 is 0.957 bits per heavy atom. The number of pyridine rings is 1. The normalized spacial score (nSPS) is 12.2. The van der Waals surface area contributed by atoms with Gasteiger partial charge in [0.05, 0.1) is 14.2 Å². The third-order valence-corrected chi connectivity index (χ3v) is 4.04. The fourth-order valence-electron chi connectivity index (χ4n) is 2.58. The first-order valence-electron chi connectivity index (χ1n) is 7.10. The van der Waals surface area contributed by atoms with Crippen molar-refractivity contribution in [2.45, 2.75) is 6.10 Å². The first-order chi connectivity index (χ1) is 11.2. The van der Waals surface area contributed by atoms with Gasteiger partial charge in [0.2, 0.25) is 0 Å². The van der Waals surface area contributed by atoms with Crippen LogP contribution >= 0.6 is 11.6 Å². The van der Waals surface area contributed by atoms with Crippen LogP contribution in [-0.2, 0) is 0 Å². The van der Waals surface area contributed by atoms with Crippen LogP contribution in [0.4, 0.5) is 0 Å². The number of hydrogen-bond acceptors (Lipinski definition) is 4. The summed E-state index contributed by atoms with van der Waals surface area (Å²) >= 11 is 6.30. The molecule has 0 aliphatic rings. The molecule has 1 N–H and O–H groups in total. The van der Waals surface area contributed by atoms with Gasteiger partial charge in [-0.1, -0.05) is 41.9 Å². The summed E-state index contributed by atoms with van der Waals surface area (Å²) in [5.41, 5.74) is 1.83. The van der Waals surface area contributed by atoms with Gasteiger partial charge in [0.15, 0.2) is 0 Å². The van der Waals surface area contributed by atoms with Crippen molar-refractivity contribution in [1.29, 1.82) is 0 Å². The summed E-state index contributed by atoms with van der Waals surface area (Å²) in [5.74, 6) is 1.24. The minimum Gasteiger partial charge on any atom is -0.496 e. The van der Waals surface area contributed by atoms with Gasteiger partial charge in [-0.15, -0.1) is 0 Å². The van der Waals surface area contributed by atoms with Gasteiger partial charge in [-0.2, -0.15) is 0 Å². The minimum atomic E-state index is -0.929. The van der Waals surface area contributed by atoms with Gasteiger partial charge < -0.3 is 14.6 Å². The largest absolute Gasteiger partial charge is 0.496 e. The number of rotatable bonds is 4. The summed E-state index contributed by atoms with van der Waals surface area (Å²) in [4.78, 5) is 4.39. The molecule has 0 aliphatic heterocycles. The molecule has 5 heteroatoms. The first kappa shape index (κ1) is 15.6. The smallest absolute Gasteiger partial charge is 0.145 e. The molecule has 3 aromatic rings. The molecule has 4 nitrogen and oxygen atoms in total. The first-order valence-corrected chi connectivity index (χ1v) is 7.47. The molecule has 1 aromatic heterocycles. The van der Waals surface area contributed by atoms with Crippen LogP contribution in [0.5, 0.6) is 11.5 Å². The van der Waals surface area contributed by atoms with Gasteiger partial charge in [-0.25, -0.2) is 4.98 Å². The predicted molar refractivity (Wildman–Crippen MR) is 90.4 cm³/mol. The molecule has 3 rings (SSSR count). The molecule has 1 unspecified atom stereocenters. The number of para-hydroxylation sites is 2. The summed E-state index contributed by atoms with van der Waals surface area (Å²) in [7, 11) is 3.15. The lowest BCUT2D eigenvalue weighted by molar-refractivity contribution is 0.214. The molecule has 1 atom stereocenters. The van der Waals surface area contributed by atoms with Crippen molar-refractivity contribution in [3.05, 3.63) is 64.8 Å². The van der Waals surface area contributed by atoms with E-state index < -0.39 is 6.10 Å². The van der Waals surface area contributed by atoms with Crippen LogP contribution in [0.2, 0.25) is 5.15 Å². The van der Waals surface area contributed by atoms with Crippen molar-refractivity contribution in [3.8, 4) is 11.5 Å². The Morgan fingerprint density at radius 3 is 2.39 bits per heavy atom. The molecule has 0 amide bonds. The van der Waals surface area contributed by atoms with E-state index in [1.165, 1.54) is 0 Å². The van der Waals surface area contributed by atoms with Gasteiger partial charge in [0.25, 0.3) is 0 Å². The van der Waals surface area contributed by atoms with E-state index in [1.807, 2.05) is 36.4 Å². The second-order valence-electron chi connectivity index (χ2n) is 5.04. The predicted octanol–water partition coefficient (Wildman–Crippen LogP) is 3.99. The zero-order chi connectivity index (χ0) is 16.4. The standard InChI is InChI=1S/C18H16ClNO3/c1-22-14-8-4-3-7-12(14)17(21)13-10-11-6-5-9-15(23-2)16(11)20-18(13)19/h3-10,17,21H,1-2H3. The topological polar surface area (TPSA) is 51.6 Å². The van der Waals surface area contributed by atoms with E-state index in [0.717, 1.165) is 5.39 Å². The van der Waals surface area contributed by atoms with Crippen molar-refractivity contribution >= 4 is 22.5 Å². The fourth-order valence-corrected chi connectivity index (χ4v) is 2.82. The molecule has 0 bridgehead atoms. The van der Waals surface area contributed by atoms with E-state index in [-0.39, 0.29) is 5.15 Å². The molecule has 0 radical (unpaired) electrons. The Labute approximate surface area is 139 Å². The van der Waals surface area contributed by atoms with Crippen molar-refractivity contribution in [1.82, 2.24) is 4.98 Å². The number of hydrogen-bond donors (Lipinski definition) is 1. The summed E-state index contributed by atoms with van der Waals surface area (Å²) < 4.78 is 10.6. The molecule has 118 valence electrons. The maximum atomic E-state index is 10.7. The van der Waals surface area contributed by atoms with E-state index in [0.29, 0.717) is 28.1 Å². The molecule has 0 spiro atoms. The van der Waals surface area contributed by atoms with E-state index >= 15 is 0 Å². The Balaban J connectivity index is 2.14. The molecular formula is C18H16ClNO3. The number of nitrogens with zero attached hydrogens (tertiary/aromatic N) is 1. The van der Waals surface area contributed by atoms with Gasteiger partial charge in [0, 0.05) is 16.5 Å². The lowest BCUT2D eigenvalue weighted by atomic mass is 10.0. The third-order valence-electron chi connectivity index (χ3n) is 3.74. The fraction of sp³-hybridized carbons (Fsp3) is 0.167. The van der Waals surface area contributed by atoms with E-state index in [1.54, 1.807) is 26.4 Å². The van der Waals surface area contributed by atoms with Crippen molar-refractivity contribution < 1.29 is 14.6 Å². The van der Waals surface area contributed by atoms with E-state index in [2.05, 4.69) is 4.98 Å². The second kappa shape index (κ2) is 6.44. The quantitative estimate of drug-likeness (QED) is 0.735. The Bertz CT molecular complexity index is 851. The Kier molecular flexibility index (Phi) is 4.37. The molecule has 1 heterocycles. The van der Waals surface area contributed by atoms with Gasteiger partial charge in [-0.3, -0.25) is 0 Å². The summed E-state index contributed by atoms with van der Waals surface area (Å²) in [5, 5.41) is 11.8. The highest BCUT2D eigenvalue weighted by Crippen LogP contribution is 2.35. The third kappa shape index (κ3) is 2.83. The molecular weight excluding hydrogens is 314 g/mol. The number of halogens is 1. The van der Waals surface area contributed by atoms with Crippen LogP contribution in [-0.4, -0.2) is 24.3 Å². The maximum absolute atomic E-state index is 10.7.